The molecule has 1 aromatic heterocycles. The number of hydrogen-bond acceptors (Lipinski definition) is 5. The van der Waals surface area contributed by atoms with Gasteiger partial charge < -0.3 is 10.6 Å². The first-order valence-corrected chi connectivity index (χ1v) is 8.26. The Bertz CT molecular complexity index is 618. The maximum Gasteiger partial charge on any atom is 0.319 e. The number of carbonyl (C=O) groups is 1. The van der Waals surface area contributed by atoms with Crippen LogP contribution >= 0.6 is 0 Å². The van der Waals surface area contributed by atoms with E-state index in [0.29, 0.717) is 5.69 Å². The maximum absolute atomic E-state index is 11.6. The van der Waals surface area contributed by atoms with Gasteiger partial charge in [-0.1, -0.05) is 13.8 Å². The quantitative estimate of drug-likeness (QED) is 0.818. The van der Waals surface area contributed by atoms with Crippen molar-refractivity contribution >= 4 is 21.6 Å². The molecule has 0 saturated heterocycles. The van der Waals surface area contributed by atoms with Crippen molar-refractivity contribution in [3.63, 3.8) is 0 Å². The average molecular weight is 310 g/mol. The van der Waals surface area contributed by atoms with E-state index in [1.165, 1.54) is 12.3 Å². The highest BCUT2D eigenvalue weighted by atomic mass is 32.2. The van der Waals surface area contributed by atoms with Gasteiger partial charge in [-0.3, -0.25) is 0 Å². The van der Waals surface area contributed by atoms with Crippen molar-refractivity contribution in [3.8, 4) is 6.07 Å². The second-order valence-electron chi connectivity index (χ2n) is 4.93. The first-order valence-electron chi connectivity index (χ1n) is 6.44. The van der Waals surface area contributed by atoms with Crippen molar-refractivity contribution in [2.45, 2.75) is 13.8 Å². The molecule has 0 aromatic carbocycles. The van der Waals surface area contributed by atoms with Crippen molar-refractivity contribution in [3.05, 3.63) is 24.0 Å². The Morgan fingerprint density at radius 1 is 1.43 bits per heavy atom. The molecule has 0 unspecified atom stereocenters. The molecule has 0 radical (unpaired) electrons. The first-order chi connectivity index (χ1) is 9.82. The number of nitriles is 1. The monoisotopic (exact) mass is 310 g/mol. The maximum atomic E-state index is 11.6. The normalized spacial score (nSPS) is 11.0. The van der Waals surface area contributed by atoms with E-state index in [9.17, 15) is 13.2 Å². The molecule has 0 aliphatic carbocycles. The highest BCUT2D eigenvalue weighted by Crippen LogP contribution is 2.05. The van der Waals surface area contributed by atoms with E-state index in [0.717, 1.165) is 0 Å². The fourth-order valence-corrected chi connectivity index (χ4v) is 3.22. The van der Waals surface area contributed by atoms with Crippen LogP contribution in [0.2, 0.25) is 0 Å². The van der Waals surface area contributed by atoms with Crippen LogP contribution in [0, 0.1) is 17.2 Å². The molecule has 21 heavy (non-hydrogen) atoms. The van der Waals surface area contributed by atoms with E-state index >= 15 is 0 Å². The number of rotatable bonds is 6. The summed E-state index contributed by atoms with van der Waals surface area (Å²) in [6.45, 7) is 3.70. The molecule has 0 bridgehead atoms. The minimum absolute atomic E-state index is 0.0462. The number of amides is 2. The molecule has 0 fully saturated rings. The minimum Gasteiger partial charge on any atom is -0.337 e. The van der Waals surface area contributed by atoms with Crippen LogP contribution in [0.4, 0.5) is 10.5 Å². The molecule has 2 amide bonds. The fourth-order valence-electron chi connectivity index (χ4n) is 1.62. The van der Waals surface area contributed by atoms with Crippen LogP contribution in [0.15, 0.2) is 18.3 Å². The van der Waals surface area contributed by atoms with Crippen LogP contribution in [0.25, 0.3) is 0 Å². The van der Waals surface area contributed by atoms with E-state index in [4.69, 9.17) is 5.26 Å². The van der Waals surface area contributed by atoms with Gasteiger partial charge in [-0.15, -0.1) is 0 Å². The number of nitrogens with zero attached hydrogens (tertiary/aromatic N) is 2. The van der Waals surface area contributed by atoms with Gasteiger partial charge in [-0.25, -0.2) is 18.2 Å². The molecule has 2 N–H and O–H groups in total. The molecule has 8 heteroatoms. The molecule has 0 aliphatic heterocycles. The predicted molar refractivity (Wildman–Crippen MR) is 79.5 cm³/mol. The summed E-state index contributed by atoms with van der Waals surface area (Å²) in [5.41, 5.74) is 0.678. The summed E-state index contributed by atoms with van der Waals surface area (Å²) in [6, 6.07) is 4.37. The number of pyridine rings is 1. The number of hydrogen-bond donors (Lipinski definition) is 2. The summed E-state index contributed by atoms with van der Waals surface area (Å²) < 4.78 is 23.3. The molecule has 1 rings (SSSR count). The van der Waals surface area contributed by atoms with Crippen molar-refractivity contribution in [1.82, 2.24) is 10.3 Å². The van der Waals surface area contributed by atoms with Crippen LogP contribution in [-0.2, 0) is 9.84 Å². The lowest BCUT2D eigenvalue weighted by atomic mass is 10.3. The topological polar surface area (TPSA) is 112 Å². The molecule has 0 aliphatic rings. The third kappa shape index (κ3) is 6.72. The Morgan fingerprint density at radius 3 is 2.67 bits per heavy atom. The molecule has 114 valence electrons. The predicted octanol–water partition coefficient (Wildman–Crippen LogP) is 1.15. The summed E-state index contributed by atoms with van der Waals surface area (Å²) in [7, 11) is -3.15. The molecular weight excluding hydrogens is 292 g/mol. The fraction of sp³-hybridized carbons (Fsp3) is 0.462. The van der Waals surface area contributed by atoms with Crippen molar-refractivity contribution < 1.29 is 13.2 Å². The Kier molecular flexibility index (Phi) is 6.11. The standard InChI is InChI=1S/C13H18N4O3S/c1-10(2)9-21(19,20)6-5-15-13(18)17-12-4-3-11(7-14)16-8-12/h3-4,8,10H,5-6,9H2,1-2H3,(H2,15,17,18). The van der Waals surface area contributed by atoms with Gasteiger partial charge in [0.05, 0.1) is 23.4 Å². The second-order valence-corrected chi connectivity index (χ2v) is 7.16. The Morgan fingerprint density at radius 2 is 2.14 bits per heavy atom. The third-order valence-corrected chi connectivity index (χ3v) is 4.42. The lowest BCUT2D eigenvalue weighted by Crippen LogP contribution is -2.33. The van der Waals surface area contributed by atoms with Gasteiger partial charge in [-0.05, 0) is 18.1 Å². The number of sulfone groups is 1. The molecule has 0 atom stereocenters. The molecule has 1 heterocycles. The summed E-state index contributed by atoms with van der Waals surface area (Å²) in [5, 5.41) is 13.6. The van der Waals surface area contributed by atoms with Gasteiger partial charge in [0, 0.05) is 6.54 Å². The van der Waals surface area contributed by atoms with Crippen LogP contribution in [0.3, 0.4) is 0 Å². The second kappa shape index (κ2) is 7.59. The number of urea groups is 1. The van der Waals surface area contributed by atoms with E-state index < -0.39 is 15.9 Å². The lowest BCUT2D eigenvalue weighted by molar-refractivity contribution is 0.252. The van der Waals surface area contributed by atoms with Crippen molar-refractivity contribution in [2.75, 3.05) is 23.4 Å². The summed E-state index contributed by atoms with van der Waals surface area (Å²) in [5.74, 6) is 0.0774. The first kappa shape index (κ1) is 16.9. The molecule has 0 saturated carbocycles. The van der Waals surface area contributed by atoms with Gasteiger partial charge in [0.2, 0.25) is 0 Å². The third-order valence-electron chi connectivity index (χ3n) is 2.42. The number of aromatic nitrogens is 1. The zero-order chi connectivity index (χ0) is 15.9. The minimum atomic E-state index is -3.15. The van der Waals surface area contributed by atoms with E-state index in [2.05, 4.69) is 15.6 Å². The molecule has 7 nitrogen and oxygen atoms in total. The molecular formula is C13H18N4O3S. The largest absolute Gasteiger partial charge is 0.337 e. The van der Waals surface area contributed by atoms with Crippen LogP contribution in [0.1, 0.15) is 19.5 Å². The number of nitrogens with one attached hydrogen (secondary N) is 2. The highest BCUT2D eigenvalue weighted by molar-refractivity contribution is 7.91. The van der Waals surface area contributed by atoms with Crippen LogP contribution in [0.5, 0.6) is 0 Å². The van der Waals surface area contributed by atoms with Gasteiger partial charge in [0.25, 0.3) is 0 Å². The van der Waals surface area contributed by atoms with E-state index in [-0.39, 0.29) is 29.7 Å². The smallest absolute Gasteiger partial charge is 0.319 e. The van der Waals surface area contributed by atoms with Crippen molar-refractivity contribution in [2.24, 2.45) is 5.92 Å². The summed E-state index contributed by atoms with van der Waals surface area (Å²) in [6.07, 6.45) is 1.35. The zero-order valence-electron chi connectivity index (χ0n) is 12.0. The Labute approximate surface area is 124 Å². The number of anilines is 1. The van der Waals surface area contributed by atoms with Gasteiger partial charge in [-0.2, -0.15) is 5.26 Å². The van der Waals surface area contributed by atoms with Crippen LogP contribution in [-0.4, -0.2) is 37.5 Å². The van der Waals surface area contributed by atoms with Crippen LogP contribution < -0.4 is 10.6 Å². The number of carbonyl (C=O) groups excluding carboxylic acids is 1. The lowest BCUT2D eigenvalue weighted by Gasteiger charge is -2.09. The molecule has 1 aromatic rings. The summed E-state index contributed by atoms with van der Waals surface area (Å²) >= 11 is 0. The van der Waals surface area contributed by atoms with Gasteiger partial charge in [0.1, 0.15) is 11.8 Å². The average Bonchev–Trinajstić information content (AvgIpc) is 2.37. The van der Waals surface area contributed by atoms with Gasteiger partial charge in [0.15, 0.2) is 9.84 Å². The zero-order valence-corrected chi connectivity index (χ0v) is 12.8. The van der Waals surface area contributed by atoms with E-state index in [1.807, 2.05) is 19.9 Å². The SMILES string of the molecule is CC(C)CS(=O)(=O)CCNC(=O)Nc1ccc(C#N)nc1. The van der Waals surface area contributed by atoms with E-state index in [1.54, 1.807) is 6.07 Å². The molecule has 0 spiro atoms. The van der Waals surface area contributed by atoms with Gasteiger partial charge >= 0.3 is 6.03 Å². The Hall–Kier alpha value is -2.14. The van der Waals surface area contributed by atoms with Crippen molar-refractivity contribution in [1.29, 1.82) is 5.26 Å². The summed E-state index contributed by atoms with van der Waals surface area (Å²) in [4.78, 5) is 15.4. The Balaban J connectivity index is 2.39. The highest BCUT2D eigenvalue weighted by Gasteiger charge is 2.13.